The van der Waals surface area contributed by atoms with Gasteiger partial charge in [-0.15, -0.1) is 11.3 Å². The molecule has 31 heavy (non-hydrogen) atoms. The number of carbonyl (C=O) groups excluding carboxylic acids is 1. The summed E-state index contributed by atoms with van der Waals surface area (Å²) in [5, 5.41) is 3.58. The van der Waals surface area contributed by atoms with Crippen LogP contribution in [-0.4, -0.2) is 12.6 Å². The summed E-state index contributed by atoms with van der Waals surface area (Å²) in [6.07, 6.45) is 1.41. The smallest absolute Gasteiger partial charge is 0.231 e. The second-order valence-corrected chi connectivity index (χ2v) is 10.3. The fourth-order valence-electron chi connectivity index (χ4n) is 5.03. The van der Waals surface area contributed by atoms with Gasteiger partial charge < -0.3 is 14.8 Å². The van der Waals surface area contributed by atoms with Crippen molar-refractivity contribution in [2.75, 3.05) is 12.1 Å². The van der Waals surface area contributed by atoms with Gasteiger partial charge in [-0.25, -0.2) is 0 Å². The maximum absolute atomic E-state index is 13.4. The minimum Gasteiger partial charge on any atom is -0.454 e. The third-order valence-electron chi connectivity index (χ3n) is 6.33. The van der Waals surface area contributed by atoms with E-state index in [9.17, 15) is 4.79 Å². The molecule has 2 aliphatic heterocycles. The molecule has 0 bridgehead atoms. The Morgan fingerprint density at radius 1 is 1.00 bits per heavy atom. The SMILES string of the molecule is CC1(C)CC(=O)C2=C(C1)Nc1ccc3c(c1C2c1ccc(-c2ccccc2)s1)OCO3. The van der Waals surface area contributed by atoms with E-state index in [-0.39, 0.29) is 23.9 Å². The first-order valence-corrected chi connectivity index (χ1v) is 11.4. The summed E-state index contributed by atoms with van der Waals surface area (Å²) < 4.78 is 11.6. The van der Waals surface area contributed by atoms with Crippen LogP contribution >= 0.6 is 11.3 Å². The summed E-state index contributed by atoms with van der Waals surface area (Å²) >= 11 is 1.75. The first-order valence-electron chi connectivity index (χ1n) is 10.6. The molecule has 2 aromatic carbocycles. The zero-order valence-electron chi connectivity index (χ0n) is 17.5. The van der Waals surface area contributed by atoms with Gasteiger partial charge in [-0.2, -0.15) is 0 Å². The number of Topliss-reactive ketones (excluding diaryl/α,β-unsaturated/α-hetero) is 1. The molecule has 0 saturated heterocycles. The van der Waals surface area contributed by atoms with Gasteiger partial charge in [-0.1, -0.05) is 44.2 Å². The average molecular weight is 430 g/mol. The number of thiophene rings is 1. The van der Waals surface area contributed by atoms with Gasteiger partial charge in [0.15, 0.2) is 17.3 Å². The van der Waals surface area contributed by atoms with Gasteiger partial charge in [0, 0.05) is 38.7 Å². The van der Waals surface area contributed by atoms with Crippen LogP contribution in [0.5, 0.6) is 11.5 Å². The van der Waals surface area contributed by atoms with Crippen LogP contribution < -0.4 is 14.8 Å². The topological polar surface area (TPSA) is 47.6 Å². The van der Waals surface area contributed by atoms with Crippen LogP contribution in [0.3, 0.4) is 0 Å². The van der Waals surface area contributed by atoms with Crippen molar-refractivity contribution in [2.24, 2.45) is 5.41 Å². The zero-order chi connectivity index (χ0) is 21.2. The summed E-state index contributed by atoms with van der Waals surface area (Å²) in [4.78, 5) is 15.8. The molecule has 1 aliphatic carbocycles. The molecule has 1 aromatic heterocycles. The van der Waals surface area contributed by atoms with E-state index in [2.05, 4.69) is 61.6 Å². The molecule has 6 rings (SSSR count). The number of hydrogen-bond acceptors (Lipinski definition) is 5. The van der Waals surface area contributed by atoms with Crippen molar-refractivity contribution in [1.29, 1.82) is 0 Å². The van der Waals surface area contributed by atoms with Gasteiger partial charge in [0.2, 0.25) is 6.79 Å². The number of rotatable bonds is 2. The van der Waals surface area contributed by atoms with Crippen LogP contribution in [0.15, 0.2) is 65.9 Å². The summed E-state index contributed by atoms with van der Waals surface area (Å²) in [7, 11) is 0. The summed E-state index contributed by atoms with van der Waals surface area (Å²) in [6, 6.07) is 18.7. The number of fused-ring (bicyclic) bond motifs is 3. The van der Waals surface area contributed by atoms with E-state index >= 15 is 0 Å². The Morgan fingerprint density at radius 3 is 2.68 bits per heavy atom. The van der Waals surface area contributed by atoms with Crippen LogP contribution in [-0.2, 0) is 4.79 Å². The van der Waals surface area contributed by atoms with E-state index in [1.165, 1.54) is 10.4 Å². The summed E-state index contributed by atoms with van der Waals surface area (Å²) in [5.41, 5.74) is 5.10. The molecule has 0 fully saturated rings. The van der Waals surface area contributed by atoms with Gasteiger partial charge in [0.05, 0.1) is 5.92 Å². The van der Waals surface area contributed by atoms with E-state index in [0.29, 0.717) is 6.42 Å². The van der Waals surface area contributed by atoms with Crippen molar-refractivity contribution in [3.63, 3.8) is 0 Å². The highest BCUT2D eigenvalue weighted by molar-refractivity contribution is 7.15. The van der Waals surface area contributed by atoms with Crippen molar-refractivity contribution in [3.05, 3.63) is 76.3 Å². The number of carbonyl (C=O) groups is 1. The molecule has 156 valence electrons. The average Bonchev–Trinajstić information content (AvgIpc) is 3.41. The molecule has 0 amide bonds. The minimum absolute atomic E-state index is 0.0496. The number of nitrogens with one attached hydrogen (secondary N) is 1. The Kier molecular flexibility index (Phi) is 4.06. The number of ketones is 1. The lowest BCUT2D eigenvalue weighted by molar-refractivity contribution is -0.118. The zero-order valence-corrected chi connectivity index (χ0v) is 18.3. The van der Waals surface area contributed by atoms with E-state index in [1.807, 2.05) is 12.1 Å². The molecule has 5 heteroatoms. The molecule has 0 saturated carbocycles. The largest absolute Gasteiger partial charge is 0.454 e. The summed E-state index contributed by atoms with van der Waals surface area (Å²) in [6.45, 7) is 4.55. The first kappa shape index (κ1) is 18.7. The van der Waals surface area contributed by atoms with E-state index in [1.54, 1.807) is 11.3 Å². The van der Waals surface area contributed by atoms with Gasteiger partial charge in [0.1, 0.15) is 0 Å². The van der Waals surface area contributed by atoms with Crippen molar-refractivity contribution in [3.8, 4) is 21.9 Å². The van der Waals surface area contributed by atoms with Crippen LogP contribution in [0.1, 0.15) is 43.0 Å². The Hall–Kier alpha value is -3.05. The predicted molar refractivity (Wildman–Crippen MR) is 123 cm³/mol. The quantitative estimate of drug-likeness (QED) is 0.516. The van der Waals surface area contributed by atoms with Crippen molar-refractivity contribution in [2.45, 2.75) is 32.6 Å². The van der Waals surface area contributed by atoms with Crippen molar-refractivity contribution in [1.82, 2.24) is 0 Å². The van der Waals surface area contributed by atoms with Crippen molar-refractivity contribution < 1.29 is 14.3 Å². The van der Waals surface area contributed by atoms with Crippen LogP contribution in [0.2, 0.25) is 0 Å². The van der Waals surface area contributed by atoms with Gasteiger partial charge in [-0.05, 0) is 41.7 Å². The summed E-state index contributed by atoms with van der Waals surface area (Å²) in [5.74, 6) is 1.58. The number of benzene rings is 2. The Bertz CT molecular complexity index is 1240. The number of anilines is 1. The van der Waals surface area contributed by atoms with E-state index in [4.69, 9.17) is 9.47 Å². The van der Waals surface area contributed by atoms with Crippen molar-refractivity contribution >= 4 is 22.8 Å². The lowest BCUT2D eigenvalue weighted by Crippen LogP contribution is -2.33. The highest BCUT2D eigenvalue weighted by Gasteiger charge is 2.43. The maximum Gasteiger partial charge on any atom is 0.231 e. The molecular weight excluding hydrogens is 406 g/mol. The Labute approximate surface area is 185 Å². The van der Waals surface area contributed by atoms with E-state index in [0.717, 1.165) is 45.3 Å². The molecule has 3 aliphatic rings. The van der Waals surface area contributed by atoms with Gasteiger partial charge >= 0.3 is 0 Å². The number of ether oxygens (including phenoxy) is 2. The predicted octanol–water partition coefficient (Wildman–Crippen LogP) is 6.34. The third kappa shape index (κ3) is 2.99. The minimum atomic E-state index is -0.144. The number of allylic oxidation sites excluding steroid dienone is 2. The number of hydrogen-bond donors (Lipinski definition) is 1. The van der Waals surface area contributed by atoms with Crippen LogP contribution in [0.25, 0.3) is 10.4 Å². The molecule has 1 atom stereocenters. The van der Waals surface area contributed by atoms with E-state index < -0.39 is 0 Å². The maximum atomic E-state index is 13.4. The normalized spacial score (nSPS) is 20.8. The van der Waals surface area contributed by atoms with Crippen LogP contribution in [0.4, 0.5) is 5.69 Å². The van der Waals surface area contributed by atoms with Crippen LogP contribution in [0, 0.1) is 5.41 Å². The fourth-order valence-corrected chi connectivity index (χ4v) is 6.16. The molecule has 0 radical (unpaired) electrons. The van der Waals surface area contributed by atoms with Gasteiger partial charge in [0.25, 0.3) is 0 Å². The molecule has 1 N–H and O–H groups in total. The lowest BCUT2D eigenvalue weighted by atomic mass is 9.70. The second-order valence-electron chi connectivity index (χ2n) is 9.22. The molecule has 3 heterocycles. The molecular formula is C26H23NO3S. The molecule has 1 unspecified atom stereocenters. The Balaban J connectivity index is 1.55. The second kappa shape index (κ2) is 6.72. The Morgan fingerprint density at radius 2 is 1.84 bits per heavy atom. The molecule has 4 nitrogen and oxygen atoms in total. The third-order valence-corrected chi connectivity index (χ3v) is 7.53. The van der Waals surface area contributed by atoms with Gasteiger partial charge in [-0.3, -0.25) is 4.79 Å². The fraction of sp³-hybridized carbons (Fsp3) is 0.269. The highest BCUT2D eigenvalue weighted by atomic mass is 32.1. The standard InChI is InChI=1S/C26H23NO3S/c1-26(2)12-17-22(18(28)13-26)24(21-11-10-20(31-21)15-6-4-3-5-7-15)23-16(27-17)8-9-19-25(23)30-14-29-19/h3-11,24,27H,12-14H2,1-2H3. The molecule has 3 aromatic rings. The highest BCUT2D eigenvalue weighted by Crippen LogP contribution is 2.55. The first-order chi connectivity index (χ1) is 15.0. The lowest BCUT2D eigenvalue weighted by Gasteiger charge is -2.39. The monoisotopic (exact) mass is 429 g/mol. The molecule has 0 spiro atoms.